The first kappa shape index (κ1) is 16.5. The summed E-state index contributed by atoms with van der Waals surface area (Å²) >= 11 is 0. The van der Waals surface area contributed by atoms with Crippen molar-refractivity contribution in [1.82, 2.24) is 15.6 Å². The molecule has 1 fully saturated rings. The SMILES string of the molecule is CN(C)c1cc(CNC(=O)NC[C@H](O)C2CC2)c2ccccc2n1. The molecule has 1 aromatic carbocycles. The van der Waals surface area contributed by atoms with Gasteiger partial charge in [-0.3, -0.25) is 0 Å². The number of nitrogens with one attached hydrogen (secondary N) is 2. The van der Waals surface area contributed by atoms with E-state index >= 15 is 0 Å². The van der Waals surface area contributed by atoms with Crippen molar-refractivity contribution in [3.05, 3.63) is 35.9 Å². The lowest BCUT2D eigenvalue weighted by Crippen LogP contribution is -2.40. The molecule has 128 valence electrons. The number of rotatable bonds is 6. The smallest absolute Gasteiger partial charge is 0.315 e. The number of pyridine rings is 1. The van der Waals surface area contributed by atoms with Crippen LogP contribution in [0.15, 0.2) is 30.3 Å². The number of urea groups is 1. The summed E-state index contributed by atoms with van der Waals surface area (Å²) in [5, 5.41) is 16.4. The third kappa shape index (κ3) is 3.94. The molecule has 1 saturated carbocycles. The second-order valence-electron chi connectivity index (χ2n) is 6.52. The van der Waals surface area contributed by atoms with E-state index in [1.807, 2.05) is 49.3 Å². The zero-order valence-electron chi connectivity index (χ0n) is 14.1. The highest BCUT2D eigenvalue weighted by molar-refractivity contribution is 5.84. The van der Waals surface area contributed by atoms with Gasteiger partial charge in [0.25, 0.3) is 0 Å². The zero-order chi connectivity index (χ0) is 17.1. The van der Waals surface area contributed by atoms with Crippen LogP contribution < -0.4 is 15.5 Å². The van der Waals surface area contributed by atoms with Gasteiger partial charge < -0.3 is 20.6 Å². The molecule has 24 heavy (non-hydrogen) atoms. The molecule has 0 spiro atoms. The summed E-state index contributed by atoms with van der Waals surface area (Å²) in [6.07, 6.45) is 1.68. The normalized spacial score (nSPS) is 15.1. The van der Waals surface area contributed by atoms with Crippen molar-refractivity contribution in [2.45, 2.75) is 25.5 Å². The van der Waals surface area contributed by atoms with Gasteiger partial charge in [-0.05, 0) is 36.5 Å². The Morgan fingerprint density at radius 1 is 1.33 bits per heavy atom. The van der Waals surface area contributed by atoms with Gasteiger partial charge in [-0.2, -0.15) is 0 Å². The molecule has 1 atom stereocenters. The molecular formula is C18H24N4O2. The highest BCUT2D eigenvalue weighted by Crippen LogP contribution is 2.32. The van der Waals surface area contributed by atoms with E-state index in [1.54, 1.807) is 0 Å². The summed E-state index contributed by atoms with van der Waals surface area (Å²) in [5.41, 5.74) is 1.92. The van der Waals surface area contributed by atoms with Crippen LogP contribution >= 0.6 is 0 Å². The van der Waals surface area contributed by atoms with Crippen LogP contribution in [0.4, 0.5) is 10.6 Å². The van der Waals surface area contributed by atoms with Crippen molar-refractivity contribution in [2.75, 3.05) is 25.5 Å². The van der Waals surface area contributed by atoms with Gasteiger partial charge >= 0.3 is 6.03 Å². The van der Waals surface area contributed by atoms with Crippen LogP contribution in [0.25, 0.3) is 10.9 Å². The van der Waals surface area contributed by atoms with Crippen molar-refractivity contribution < 1.29 is 9.90 Å². The molecular weight excluding hydrogens is 304 g/mol. The Morgan fingerprint density at radius 3 is 2.79 bits per heavy atom. The number of benzene rings is 1. The predicted octanol–water partition coefficient (Wildman–Crippen LogP) is 1.87. The third-order valence-electron chi connectivity index (χ3n) is 4.32. The fraction of sp³-hybridized carbons (Fsp3) is 0.444. The van der Waals surface area contributed by atoms with E-state index in [4.69, 9.17) is 0 Å². The molecule has 3 rings (SSSR count). The van der Waals surface area contributed by atoms with E-state index in [2.05, 4.69) is 15.6 Å². The number of para-hydroxylation sites is 1. The molecule has 6 heteroatoms. The molecule has 3 N–H and O–H groups in total. The Labute approximate surface area is 141 Å². The number of amides is 2. The third-order valence-corrected chi connectivity index (χ3v) is 4.32. The number of aliphatic hydroxyl groups excluding tert-OH is 1. The van der Waals surface area contributed by atoms with Gasteiger partial charge in [0, 0.05) is 32.6 Å². The monoisotopic (exact) mass is 328 g/mol. The summed E-state index contributed by atoms with van der Waals surface area (Å²) in [5.74, 6) is 1.21. The number of fused-ring (bicyclic) bond motifs is 1. The molecule has 0 bridgehead atoms. The molecule has 0 radical (unpaired) electrons. The second kappa shape index (κ2) is 7.05. The summed E-state index contributed by atoms with van der Waals surface area (Å²) in [4.78, 5) is 18.5. The van der Waals surface area contributed by atoms with Crippen molar-refractivity contribution in [2.24, 2.45) is 5.92 Å². The van der Waals surface area contributed by atoms with Crippen LogP contribution in [0.5, 0.6) is 0 Å². The van der Waals surface area contributed by atoms with Gasteiger partial charge in [0.05, 0.1) is 11.6 Å². The van der Waals surface area contributed by atoms with E-state index in [1.165, 1.54) is 0 Å². The fourth-order valence-electron chi connectivity index (χ4n) is 2.69. The summed E-state index contributed by atoms with van der Waals surface area (Å²) in [6, 6.07) is 9.63. The van der Waals surface area contributed by atoms with Gasteiger partial charge in [-0.1, -0.05) is 18.2 Å². The number of aromatic nitrogens is 1. The zero-order valence-corrected chi connectivity index (χ0v) is 14.1. The minimum absolute atomic E-state index is 0.262. The molecule has 0 unspecified atom stereocenters. The minimum Gasteiger partial charge on any atom is -0.391 e. The Kier molecular flexibility index (Phi) is 4.85. The lowest BCUT2D eigenvalue weighted by atomic mass is 10.1. The lowest BCUT2D eigenvalue weighted by Gasteiger charge is -2.16. The second-order valence-corrected chi connectivity index (χ2v) is 6.52. The number of hydrogen-bond acceptors (Lipinski definition) is 4. The highest BCUT2D eigenvalue weighted by Gasteiger charge is 2.29. The average molecular weight is 328 g/mol. The molecule has 0 aliphatic heterocycles. The van der Waals surface area contributed by atoms with Crippen LogP contribution in [-0.2, 0) is 6.54 Å². The fourth-order valence-corrected chi connectivity index (χ4v) is 2.69. The highest BCUT2D eigenvalue weighted by atomic mass is 16.3. The molecule has 6 nitrogen and oxygen atoms in total. The van der Waals surface area contributed by atoms with Crippen molar-refractivity contribution in [3.63, 3.8) is 0 Å². The van der Waals surface area contributed by atoms with Crippen molar-refractivity contribution in [1.29, 1.82) is 0 Å². The Morgan fingerprint density at radius 2 is 2.08 bits per heavy atom. The van der Waals surface area contributed by atoms with Gasteiger partial charge in [0.1, 0.15) is 5.82 Å². The van der Waals surface area contributed by atoms with E-state index < -0.39 is 6.10 Å². The summed E-state index contributed by atoms with van der Waals surface area (Å²) < 4.78 is 0. The first-order chi connectivity index (χ1) is 11.5. The van der Waals surface area contributed by atoms with Crippen LogP contribution in [0, 0.1) is 5.92 Å². The van der Waals surface area contributed by atoms with E-state index in [0.717, 1.165) is 35.1 Å². The topological polar surface area (TPSA) is 77.5 Å². The van der Waals surface area contributed by atoms with Crippen LogP contribution in [0.2, 0.25) is 0 Å². The Bertz CT molecular complexity index is 728. The standard InChI is InChI=1S/C18H24N4O2/c1-22(2)17-9-13(14-5-3-4-6-15(14)21-17)10-19-18(24)20-11-16(23)12-7-8-12/h3-6,9,12,16,23H,7-8,10-11H2,1-2H3,(H2,19,20,24)/t16-/m0/s1. The predicted molar refractivity (Wildman–Crippen MR) is 95.0 cm³/mol. The van der Waals surface area contributed by atoms with Gasteiger partial charge in [0.15, 0.2) is 0 Å². The maximum absolute atomic E-state index is 12.0. The summed E-state index contributed by atoms with van der Waals surface area (Å²) in [6.45, 7) is 0.714. The quantitative estimate of drug-likeness (QED) is 0.756. The van der Waals surface area contributed by atoms with Crippen LogP contribution in [-0.4, -0.2) is 42.9 Å². The molecule has 1 aliphatic carbocycles. The Hall–Kier alpha value is -2.34. The van der Waals surface area contributed by atoms with Crippen LogP contribution in [0.3, 0.4) is 0 Å². The maximum atomic E-state index is 12.0. The van der Waals surface area contributed by atoms with Crippen molar-refractivity contribution >= 4 is 22.8 Å². The number of nitrogens with zero attached hydrogens (tertiary/aromatic N) is 2. The Balaban J connectivity index is 1.66. The molecule has 1 aromatic heterocycles. The van der Waals surface area contributed by atoms with E-state index in [-0.39, 0.29) is 6.03 Å². The largest absolute Gasteiger partial charge is 0.391 e. The first-order valence-corrected chi connectivity index (χ1v) is 8.30. The molecule has 1 aliphatic rings. The molecule has 0 saturated heterocycles. The van der Waals surface area contributed by atoms with E-state index in [9.17, 15) is 9.90 Å². The van der Waals surface area contributed by atoms with Gasteiger partial charge in [0.2, 0.25) is 0 Å². The minimum atomic E-state index is -0.433. The van der Waals surface area contributed by atoms with Gasteiger partial charge in [-0.25, -0.2) is 9.78 Å². The van der Waals surface area contributed by atoms with E-state index in [0.29, 0.717) is 19.0 Å². The first-order valence-electron chi connectivity index (χ1n) is 8.30. The lowest BCUT2D eigenvalue weighted by molar-refractivity contribution is 0.149. The van der Waals surface area contributed by atoms with Crippen molar-refractivity contribution in [3.8, 4) is 0 Å². The maximum Gasteiger partial charge on any atom is 0.315 e. The van der Waals surface area contributed by atoms with Crippen LogP contribution in [0.1, 0.15) is 18.4 Å². The summed E-state index contributed by atoms with van der Waals surface area (Å²) in [7, 11) is 3.89. The molecule has 2 amide bonds. The number of aliphatic hydroxyl groups is 1. The number of carbonyl (C=O) groups excluding carboxylic acids is 1. The number of carbonyl (C=O) groups is 1. The number of hydrogen-bond donors (Lipinski definition) is 3. The molecule has 1 heterocycles. The van der Waals surface area contributed by atoms with Gasteiger partial charge in [-0.15, -0.1) is 0 Å². The number of anilines is 1. The average Bonchev–Trinajstić information content (AvgIpc) is 3.42. The molecule has 2 aromatic rings.